The van der Waals surface area contributed by atoms with E-state index in [9.17, 15) is 29.4 Å². The number of ether oxygens (including phenoxy) is 2. The number of likely N-dealkylation sites (N-methyl/N-ethyl adjacent to an activating group) is 2. The van der Waals surface area contributed by atoms with Crippen molar-refractivity contribution in [2.45, 2.75) is 77.7 Å². The summed E-state index contributed by atoms with van der Waals surface area (Å²) in [5.41, 5.74) is 2.69. The molecule has 0 spiro atoms. The minimum atomic E-state index is -1.52. The van der Waals surface area contributed by atoms with E-state index >= 15 is 0 Å². The number of nitrogens with zero attached hydrogens (tertiary/aromatic N) is 8. The van der Waals surface area contributed by atoms with Crippen LogP contribution in [0, 0.1) is 38.0 Å². The SMILES string of the molecule is C.C#C[C@@](C)(O)c1cc(C)on1.CN1C(=O)[C@@H](NC(=O)c2n[nH]c(Cc3ccccc3)n2)COc2ccc(Br)cc21.Cc1cc([C@](C)(O)C#Cc2ccc3c(c2)N(C)C(=O)[C@@H](NC(=O)C2=NN=C(Cc4ccccc4)C2)CO3)no1.[Cl][Pd][Cl].c1ccc(P(c2ccccc2)c2ccccc2)cc1.c1ccc(P(c2ccccc2)c2ccccc2)cc1. The summed E-state index contributed by atoms with van der Waals surface area (Å²) in [4.78, 5) is 58.7. The van der Waals surface area contributed by atoms with Gasteiger partial charge in [-0.1, -0.05) is 294 Å². The minimum Gasteiger partial charge on any atom is -0.0622 e. The van der Waals surface area contributed by atoms with Crippen LogP contribution in [0.15, 0.2) is 315 Å². The molecule has 16 rings (SSSR count). The van der Waals surface area contributed by atoms with Crippen molar-refractivity contribution in [3.63, 3.8) is 0 Å². The van der Waals surface area contributed by atoms with Crippen LogP contribution in [-0.2, 0) is 54.4 Å². The molecular weight excluding hydrogens is 1760 g/mol. The molecule has 3 aliphatic rings. The molecule has 4 amide bonds. The fourth-order valence-corrected chi connectivity index (χ4v) is 17.3. The fourth-order valence-electron chi connectivity index (χ4n) is 12.3. The number of aromatic amines is 1. The van der Waals surface area contributed by atoms with Crippen LogP contribution in [-0.4, -0.2) is 110 Å². The number of aromatic nitrogens is 5. The van der Waals surface area contributed by atoms with E-state index in [1.165, 1.54) is 55.5 Å². The van der Waals surface area contributed by atoms with Gasteiger partial charge in [0.05, 0.1) is 17.1 Å². The second kappa shape index (κ2) is 45.0. The second-order valence-electron chi connectivity index (χ2n) is 27.5. The Kier molecular flexibility index (Phi) is 34.0. The van der Waals surface area contributed by atoms with Gasteiger partial charge >= 0.3 is 35.0 Å². The van der Waals surface area contributed by atoms with Gasteiger partial charge in [-0.15, -0.1) is 16.6 Å². The number of carbonyl (C=O) groups excluding carboxylic acids is 4. The minimum absolute atomic E-state index is 0. The third-order valence-electron chi connectivity index (χ3n) is 18.5. The monoisotopic (exact) mass is 1850 g/mol. The van der Waals surface area contributed by atoms with Crippen molar-refractivity contribution >= 4 is 129 Å². The van der Waals surface area contributed by atoms with Gasteiger partial charge in [-0.3, -0.25) is 24.3 Å². The molecule has 121 heavy (non-hydrogen) atoms. The smallest absolute Gasteiger partial charge is 0.0134 e. The van der Waals surface area contributed by atoms with Gasteiger partial charge in [-0.25, -0.2) is 4.98 Å². The number of carbonyl (C=O) groups is 4. The number of benzene rings is 10. The predicted octanol–water partition coefficient (Wildman–Crippen LogP) is 14.6. The molecule has 0 bridgehead atoms. The van der Waals surface area contributed by atoms with Crippen LogP contribution in [0.25, 0.3) is 0 Å². The molecule has 27 heteroatoms. The van der Waals surface area contributed by atoms with Crippen molar-refractivity contribution in [3.05, 3.63) is 347 Å². The zero-order valence-corrected chi connectivity index (χ0v) is 72.5. The summed E-state index contributed by atoms with van der Waals surface area (Å²) in [7, 11) is 12.0. The third-order valence-corrected chi connectivity index (χ3v) is 23.9. The quantitative estimate of drug-likeness (QED) is 0.0342. The van der Waals surface area contributed by atoms with Crippen LogP contribution in [0.2, 0.25) is 0 Å². The van der Waals surface area contributed by atoms with Crippen LogP contribution in [0.4, 0.5) is 11.4 Å². The Morgan fingerprint density at radius 3 is 1.34 bits per heavy atom. The molecule has 0 fully saturated rings. The molecule has 6 heterocycles. The Balaban J connectivity index is 0.000000166. The Morgan fingerprint density at radius 2 is 0.934 bits per heavy atom. The second-order valence-corrected chi connectivity index (χ2v) is 35.2. The Hall–Kier alpha value is -11.8. The Bertz CT molecular complexity index is 5430. The maximum Gasteiger partial charge on any atom is -0.0134 e. The van der Waals surface area contributed by atoms with Crippen LogP contribution in [0.1, 0.15) is 83.7 Å². The first-order valence-corrected chi connectivity index (χ1v) is 45.1. The fraction of sp³-hybridized carbons (Fsp3) is 0.170. The van der Waals surface area contributed by atoms with E-state index in [2.05, 4.69) is 262 Å². The third kappa shape index (κ3) is 25.9. The number of hydrogen-bond donors (Lipinski definition) is 5. The van der Waals surface area contributed by atoms with Gasteiger partial charge in [-0.05, 0) is 123 Å². The van der Waals surface area contributed by atoms with Crippen LogP contribution < -0.4 is 61.7 Å². The number of aryl methyl sites for hydroxylation is 2. The van der Waals surface area contributed by atoms with Gasteiger partial charge in [0.15, 0.2) is 11.2 Å². The summed E-state index contributed by atoms with van der Waals surface area (Å²) in [6.07, 6.45) is 6.51. The molecule has 13 aromatic rings. The van der Waals surface area contributed by atoms with Gasteiger partial charge < -0.3 is 49.2 Å². The van der Waals surface area contributed by atoms with Crippen LogP contribution >= 0.6 is 50.8 Å². The van der Waals surface area contributed by atoms with Crippen molar-refractivity contribution in [3.8, 4) is 35.7 Å². The van der Waals surface area contributed by atoms with Gasteiger partial charge in [0, 0.05) is 55.5 Å². The summed E-state index contributed by atoms with van der Waals surface area (Å²) in [5.74, 6) is 9.10. The average Bonchev–Trinajstić information content (AvgIpc) is 1.70. The molecule has 0 aliphatic carbocycles. The van der Waals surface area contributed by atoms with E-state index in [1.807, 2.05) is 66.7 Å². The molecule has 3 aromatic heterocycles. The molecular formula is C94H88BrCl2N11O10P2Pd. The van der Waals surface area contributed by atoms with Crippen molar-refractivity contribution in [1.29, 1.82) is 0 Å². The summed E-state index contributed by atoms with van der Waals surface area (Å²) in [6, 6.07) is 96.2. The first kappa shape index (κ1) is 91.5. The van der Waals surface area contributed by atoms with E-state index in [0.717, 1.165) is 21.3 Å². The average molecular weight is 1850 g/mol. The summed E-state index contributed by atoms with van der Waals surface area (Å²) >= 11 is 3.29. The van der Waals surface area contributed by atoms with Crippen LogP contribution in [0.5, 0.6) is 11.5 Å². The largest absolute Gasteiger partial charge is 0.0622 e. The number of H-pyrrole nitrogens is 1. The molecule has 0 unspecified atom stereocenters. The summed E-state index contributed by atoms with van der Waals surface area (Å²) in [5, 5.41) is 56.3. The number of hydrogen-bond acceptors (Lipinski definition) is 16. The first-order valence-electron chi connectivity index (χ1n) is 37.6. The zero-order valence-electron chi connectivity index (χ0n) is 66.1. The maximum absolute atomic E-state index is 13.2. The normalized spacial score (nSPS) is 14.5. The van der Waals surface area contributed by atoms with E-state index < -0.39 is 50.9 Å². The molecule has 21 nitrogen and oxygen atoms in total. The number of fused-ring (bicyclic) bond motifs is 2. The molecule has 620 valence electrons. The first-order chi connectivity index (χ1) is 58.1. The van der Waals surface area contributed by atoms with Crippen molar-refractivity contribution in [2.75, 3.05) is 37.1 Å². The van der Waals surface area contributed by atoms with E-state index in [-0.39, 0.29) is 59.9 Å². The van der Waals surface area contributed by atoms with Gasteiger partial charge in [0.2, 0.25) is 5.82 Å². The topological polar surface area (TPSA) is 276 Å². The maximum atomic E-state index is 13.2. The van der Waals surface area contributed by atoms with E-state index in [0.29, 0.717) is 76.4 Å². The van der Waals surface area contributed by atoms with Crippen LogP contribution in [0.3, 0.4) is 0 Å². The Morgan fingerprint density at radius 1 is 0.554 bits per heavy atom. The molecule has 0 radical (unpaired) electrons. The molecule has 10 aromatic carbocycles. The summed E-state index contributed by atoms with van der Waals surface area (Å²) < 4.78 is 22.2. The van der Waals surface area contributed by atoms with Crippen molar-refractivity contribution in [2.24, 2.45) is 10.2 Å². The predicted molar refractivity (Wildman–Crippen MR) is 483 cm³/mol. The number of halogens is 3. The molecule has 0 saturated carbocycles. The van der Waals surface area contributed by atoms with Gasteiger partial charge in [0.25, 0.3) is 23.6 Å². The number of nitrogens with one attached hydrogen (secondary N) is 3. The number of terminal acetylenes is 1. The standard InChI is InChI=1S/C29H27N5O5.C20H18BrN5O3.2C18H15P.C8H9NO2.CH4.2ClH.Pd/c1-18-13-26(33-39-18)29(2,37)12-11-20-9-10-25-24(15-20)34(3)28(36)23(17-38-25)30-27(35)22-16-21(31-32-22)14-19-7-5-4-6-8-19;1-26-15-10-13(21)7-8-16(15)29-11-14(20(26)28)22-19(27)18-23-17(24-25-18)9-12-5-3-2-4-6-12;2*1-4-10-16(11-5-1)19(17-12-6-2-7-13-17)18-14-8-3-9-15-18;1-4-8(3,10)7-5-6(2)11-9-7;;;;/h4-10,13,15,23,37H,14,16-17H2,1-3H3,(H,30,35);2-8,10,14H,9,11H2,1H3,(H,22,27)(H,23,24,25);2*1-15H;1,5,10H,2-3H3;1H4;2*1H;/q;;;;;;;;+2/p-2/t23-,29+;14-;;;8-;;;;/m00..1..../s1. The van der Waals surface area contributed by atoms with E-state index in [4.69, 9.17) is 44.0 Å². The van der Waals surface area contributed by atoms with Gasteiger partial charge in [0.1, 0.15) is 71.2 Å². The number of amides is 4. The summed E-state index contributed by atoms with van der Waals surface area (Å²) in [6.45, 7) is 6.46. The van der Waals surface area contributed by atoms with Crippen molar-refractivity contribution in [1.82, 2.24) is 36.1 Å². The molecule has 5 N–H and O–H groups in total. The molecule has 4 atom stereocenters. The Labute approximate surface area is 731 Å². The number of aliphatic hydroxyl groups is 2. The van der Waals surface area contributed by atoms with Crippen molar-refractivity contribution < 1.29 is 63.9 Å². The number of rotatable bonds is 16. The molecule has 3 aliphatic heterocycles. The zero-order chi connectivity index (χ0) is 85.0. The van der Waals surface area contributed by atoms with Gasteiger partial charge in [-0.2, -0.15) is 5.10 Å². The van der Waals surface area contributed by atoms with E-state index in [1.54, 1.807) is 70.4 Å². The molecule has 0 saturated heterocycles. The number of anilines is 2.